The summed E-state index contributed by atoms with van der Waals surface area (Å²) < 4.78 is 89.5. The first-order valence-corrected chi connectivity index (χ1v) is 4.12. The Kier molecular flexibility index (Phi) is 5.49. The number of hydrogen-bond donors (Lipinski definition) is 0. The van der Waals surface area contributed by atoms with E-state index < -0.39 is 37.9 Å². The Balaban J connectivity index is 4.41. The summed E-state index contributed by atoms with van der Waals surface area (Å²) in [6.45, 7) is -1.60. The lowest BCUT2D eigenvalue weighted by Crippen LogP contribution is -2.45. The second-order valence-corrected chi connectivity index (χ2v) is 2.72. The number of hydrogen-bond acceptors (Lipinski definition) is 3. The van der Waals surface area contributed by atoms with E-state index in [9.17, 15) is 35.5 Å². The zero-order valence-electron chi connectivity index (χ0n) is 8.07. The van der Waals surface area contributed by atoms with Gasteiger partial charge in [-0.15, -0.1) is 0 Å². The smallest absolute Gasteiger partial charge is 0.434 e. The van der Waals surface area contributed by atoms with Crippen LogP contribution < -0.4 is 0 Å². The van der Waals surface area contributed by atoms with E-state index in [1.807, 2.05) is 0 Å². The standard InChI is InChI=1S/C7H7F7O3/c8-2-1-3-16-5(15)17-4(6(9,10)11)7(12,13)14/h4H,1-3H2. The SMILES string of the molecule is O=C(OCCCF)OC(C(F)(F)F)C(F)(F)F. The normalized spacial score (nSPS) is 12.7. The number of halogens is 7. The number of rotatable bonds is 4. The Hall–Kier alpha value is -1.22. The van der Waals surface area contributed by atoms with E-state index >= 15 is 0 Å². The molecule has 0 fully saturated rings. The Morgan fingerprint density at radius 3 is 1.88 bits per heavy atom. The monoisotopic (exact) mass is 272 g/mol. The van der Waals surface area contributed by atoms with Crippen molar-refractivity contribution in [1.82, 2.24) is 0 Å². The molecule has 0 saturated heterocycles. The van der Waals surface area contributed by atoms with Crippen molar-refractivity contribution in [2.45, 2.75) is 24.9 Å². The summed E-state index contributed by atoms with van der Waals surface area (Å²) in [7, 11) is 0. The first-order chi connectivity index (χ1) is 7.59. The quantitative estimate of drug-likeness (QED) is 0.448. The highest BCUT2D eigenvalue weighted by molar-refractivity contribution is 5.60. The largest absolute Gasteiger partial charge is 0.509 e. The number of carbonyl (C=O) groups excluding carboxylic acids is 1. The highest BCUT2D eigenvalue weighted by Crippen LogP contribution is 2.35. The fourth-order valence-electron chi connectivity index (χ4n) is 0.660. The fraction of sp³-hybridized carbons (Fsp3) is 0.857. The van der Waals surface area contributed by atoms with E-state index in [4.69, 9.17) is 0 Å². The molecule has 0 radical (unpaired) electrons. The highest BCUT2D eigenvalue weighted by atomic mass is 19.4. The Morgan fingerprint density at radius 2 is 1.53 bits per heavy atom. The minimum absolute atomic E-state index is 0.349. The Bertz CT molecular complexity index is 233. The van der Waals surface area contributed by atoms with Crippen molar-refractivity contribution in [3.05, 3.63) is 0 Å². The lowest BCUT2D eigenvalue weighted by atomic mass is 10.3. The Morgan fingerprint density at radius 1 is 1.06 bits per heavy atom. The summed E-state index contributed by atoms with van der Waals surface area (Å²) in [5.41, 5.74) is 0. The van der Waals surface area contributed by atoms with E-state index in [0.29, 0.717) is 0 Å². The van der Waals surface area contributed by atoms with Gasteiger partial charge in [0.05, 0.1) is 13.3 Å². The summed E-state index contributed by atoms with van der Waals surface area (Å²) in [6.07, 6.45) is -18.3. The molecule has 0 aliphatic heterocycles. The molecule has 0 aromatic rings. The molecule has 0 atom stereocenters. The summed E-state index contributed by atoms with van der Waals surface area (Å²) in [6, 6.07) is 0. The molecule has 0 aliphatic rings. The van der Waals surface area contributed by atoms with Crippen LogP contribution in [-0.2, 0) is 9.47 Å². The maximum atomic E-state index is 11.9. The molecular weight excluding hydrogens is 265 g/mol. The molecular formula is C7H7F7O3. The van der Waals surface area contributed by atoms with Crippen molar-refractivity contribution >= 4 is 6.16 Å². The van der Waals surface area contributed by atoms with Crippen LogP contribution in [0.1, 0.15) is 6.42 Å². The van der Waals surface area contributed by atoms with Crippen LogP contribution in [0.15, 0.2) is 0 Å². The third-order valence-corrected chi connectivity index (χ3v) is 1.31. The number of ether oxygens (including phenoxy) is 2. The molecule has 102 valence electrons. The van der Waals surface area contributed by atoms with Crippen LogP contribution in [0.5, 0.6) is 0 Å². The van der Waals surface area contributed by atoms with Gasteiger partial charge in [-0.05, 0) is 0 Å². The van der Waals surface area contributed by atoms with Crippen molar-refractivity contribution in [3.63, 3.8) is 0 Å². The van der Waals surface area contributed by atoms with E-state index in [1.54, 1.807) is 0 Å². The third kappa shape index (κ3) is 6.17. The second kappa shape index (κ2) is 5.92. The van der Waals surface area contributed by atoms with Gasteiger partial charge < -0.3 is 9.47 Å². The minimum atomic E-state index is -5.79. The van der Waals surface area contributed by atoms with Gasteiger partial charge in [0.2, 0.25) is 0 Å². The molecule has 0 aliphatic carbocycles. The van der Waals surface area contributed by atoms with Crippen LogP contribution in [-0.4, -0.2) is 37.9 Å². The van der Waals surface area contributed by atoms with E-state index in [0.717, 1.165) is 0 Å². The van der Waals surface area contributed by atoms with Gasteiger partial charge in [-0.25, -0.2) is 4.79 Å². The molecule has 0 saturated carbocycles. The highest BCUT2D eigenvalue weighted by Gasteiger charge is 2.60. The van der Waals surface area contributed by atoms with Crippen molar-refractivity contribution in [2.24, 2.45) is 0 Å². The van der Waals surface area contributed by atoms with E-state index in [-0.39, 0.29) is 6.42 Å². The first kappa shape index (κ1) is 15.8. The average molecular weight is 272 g/mol. The summed E-state index contributed by atoms with van der Waals surface area (Å²) >= 11 is 0. The van der Waals surface area contributed by atoms with Gasteiger partial charge in [0, 0.05) is 6.42 Å². The average Bonchev–Trinajstić information content (AvgIpc) is 2.11. The molecule has 10 heteroatoms. The lowest BCUT2D eigenvalue weighted by Gasteiger charge is -2.22. The van der Waals surface area contributed by atoms with Crippen LogP contribution in [0.3, 0.4) is 0 Å². The molecule has 17 heavy (non-hydrogen) atoms. The van der Waals surface area contributed by atoms with Crippen molar-refractivity contribution in [2.75, 3.05) is 13.3 Å². The van der Waals surface area contributed by atoms with Crippen molar-refractivity contribution < 1.29 is 45.0 Å². The van der Waals surface area contributed by atoms with Gasteiger partial charge >= 0.3 is 18.5 Å². The van der Waals surface area contributed by atoms with E-state index in [2.05, 4.69) is 9.47 Å². The van der Waals surface area contributed by atoms with Crippen molar-refractivity contribution in [1.29, 1.82) is 0 Å². The molecule has 0 unspecified atom stereocenters. The maximum absolute atomic E-state index is 11.9. The van der Waals surface area contributed by atoms with Crippen LogP contribution in [0.25, 0.3) is 0 Å². The van der Waals surface area contributed by atoms with Crippen LogP contribution in [0.2, 0.25) is 0 Å². The lowest BCUT2D eigenvalue weighted by molar-refractivity contribution is -0.310. The zero-order valence-corrected chi connectivity index (χ0v) is 8.07. The third-order valence-electron chi connectivity index (χ3n) is 1.31. The molecule has 0 amide bonds. The second-order valence-electron chi connectivity index (χ2n) is 2.72. The van der Waals surface area contributed by atoms with Crippen LogP contribution >= 0.6 is 0 Å². The first-order valence-electron chi connectivity index (χ1n) is 4.12. The van der Waals surface area contributed by atoms with Gasteiger partial charge in [0.15, 0.2) is 0 Å². The van der Waals surface area contributed by atoms with Gasteiger partial charge in [-0.2, -0.15) is 26.3 Å². The molecule has 0 spiro atoms. The number of carbonyl (C=O) groups is 1. The van der Waals surface area contributed by atoms with Crippen molar-refractivity contribution in [3.8, 4) is 0 Å². The summed E-state index contributed by atoms with van der Waals surface area (Å²) in [5, 5.41) is 0. The maximum Gasteiger partial charge on any atom is 0.509 e. The Labute approximate surface area is 90.5 Å². The molecule has 0 N–H and O–H groups in total. The zero-order chi connectivity index (χ0) is 13.7. The molecule has 0 bridgehead atoms. The van der Waals surface area contributed by atoms with Crippen LogP contribution in [0, 0.1) is 0 Å². The van der Waals surface area contributed by atoms with Gasteiger partial charge in [-0.3, -0.25) is 4.39 Å². The molecule has 3 nitrogen and oxygen atoms in total. The summed E-state index contributed by atoms with van der Waals surface area (Å²) in [4.78, 5) is 10.5. The van der Waals surface area contributed by atoms with E-state index in [1.165, 1.54) is 0 Å². The number of alkyl halides is 7. The molecule has 0 aromatic heterocycles. The fourth-order valence-corrected chi connectivity index (χ4v) is 0.660. The minimum Gasteiger partial charge on any atom is -0.434 e. The van der Waals surface area contributed by atoms with Crippen LogP contribution in [0.4, 0.5) is 35.5 Å². The van der Waals surface area contributed by atoms with Gasteiger partial charge in [0.1, 0.15) is 0 Å². The van der Waals surface area contributed by atoms with Gasteiger partial charge in [0.25, 0.3) is 6.10 Å². The predicted octanol–water partition coefficient (Wildman–Crippen LogP) is 2.99. The molecule has 0 aromatic carbocycles. The molecule has 0 heterocycles. The summed E-state index contributed by atoms with van der Waals surface area (Å²) in [5.74, 6) is 0. The van der Waals surface area contributed by atoms with Gasteiger partial charge in [-0.1, -0.05) is 0 Å². The topological polar surface area (TPSA) is 35.5 Å². The molecule has 0 rings (SSSR count). The predicted molar refractivity (Wildman–Crippen MR) is 38.9 cm³/mol.